The van der Waals surface area contributed by atoms with Gasteiger partial charge in [0.25, 0.3) is 5.56 Å². The number of nitrogens with one attached hydrogen (secondary N) is 1. The molecule has 176 valence electrons. The van der Waals surface area contributed by atoms with Gasteiger partial charge in [0, 0.05) is 48.9 Å². The smallest absolute Gasteiger partial charge is 0.251 e. The van der Waals surface area contributed by atoms with Gasteiger partial charge in [0.15, 0.2) is 0 Å². The molecule has 2 aliphatic heterocycles. The van der Waals surface area contributed by atoms with Crippen molar-refractivity contribution in [2.24, 2.45) is 5.92 Å². The summed E-state index contributed by atoms with van der Waals surface area (Å²) in [5.41, 5.74) is 3.58. The highest BCUT2D eigenvalue weighted by Crippen LogP contribution is 2.41. The van der Waals surface area contributed by atoms with E-state index in [4.69, 9.17) is 4.74 Å². The molecule has 2 aliphatic rings. The second-order valence-corrected chi connectivity index (χ2v) is 11.5. The maximum Gasteiger partial charge on any atom is 0.251 e. The monoisotopic (exact) mass is 461 g/mol. The first-order chi connectivity index (χ1) is 15.3. The summed E-state index contributed by atoms with van der Waals surface area (Å²) in [4.78, 5) is 20.8. The standard InChI is InChI=1S/C24H35N3O4S/c1-4-27-9-12-31-23-8-5-18(15-22(23)27)21-7-6-19(24(28)25-21)20(17(2)3)16-26-10-13-32(29,30)14-11-26/h5-8,15,17,20,29-30H,4,9-14,16H2,1-3H3,(H,25,28). The van der Waals surface area contributed by atoms with Crippen molar-refractivity contribution in [3.8, 4) is 17.0 Å². The fourth-order valence-electron chi connectivity index (χ4n) is 4.61. The van der Waals surface area contributed by atoms with E-state index in [1.54, 1.807) is 0 Å². The maximum atomic E-state index is 13.1. The molecule has 8 heteroatoms. The summed E-state index contributed by atoms with van der Waals surface area (Å²) in [5, 5.41) is 0. The van der Waals surface area contributed by atoms with Gasteiger partial charge in [-0.15, -0.1) is 0 Å². The van der Waals surface area contributed by atoms with Crippen LogP contribution in [0.25, 0.3) is 11.3 Å². The molecule has 0 radical (unpaired) electrons. The van der Waals surface area contributed by atoms with Gasteiger partial charge in [-0.05, 0) is 37.1 Å². The van der Waals surface area contributed by atoms with Crippen LogP contribution in [0.1, 0.15) is 32.3 Å². The molecule has 3 heterocycles. The molecule has 0 amide bonds. The van der Waals surface area contributed by atoms with Crippen LogP contribution in [-0.4, -0.2) is 69.8 Å². The molecule has 1 aromatic carbocycles. The topological polar surface area (TPSA) is 89.0 Å². The summed E-state index contributed by atoms with van der Waals surface area (Å²) < 4.78 is 25.6. The minimum absolute atomic E-state index is 0.0520. The average Bonchev–Trinajstić information content (AvgIpc) is 2.77. The molecule has 1 atom stereocenters. The highest BCUT2D eigenvalue weighted by molar-refractivity contribution is 8.24. The third kappa shape index (κ3) is 4.98. The summed E-state index contributed by atoms with van der Waals surface area (Å²) in [6.45, 7) is 10.9. The van der Waals surface area contributed by atoms with E-state index in [9.17, 15) is 13.9 Å². The fraction of sp³-hybridized carbons (Fsp3) is 0.542. The molecule has 1 fully saturated rings. The minimum Gasteiger partial charge on any atom is -0.490 e. The van der Waals surface area contributed by atoms with Gasteiger partial charge >= 0.3 is 0 Å². The van der Waals surface area contributed by atoms with Crippen LogP contribution in [0.4, 0.5) is 5.69 Å². The number of aromatic nitrogens is 1. The van der Waals surface area contributed by atoms with Crippen LogP contribution in [0, 0.1) is 5.92 Å². The van der Waals surface area contributed by atoms with Crippen LogP contribution < -0.4 is 15.2 Å². The Labute approximate surface area is 191 Å². The molecule has 0 spiro atoms. The number of aromatic amines is 1. The van der Waals surface area contributed by atoms with E-state index in [0.29, 0.717) is 37.1 Å². The second kappa shape index (κ2) is 9.47. The van der Waals surface area contributed by atoms with Crippen LogP contribution in [0.3, 0.4) is 0 Å². The zero-order valence-corrected chi connectivity index (χ0v) is 20.0. The molecule has 7 nitrogen and oxygen atoms in total. The predicted octanol–water partition coefficient (Wildman–Crippen LogP) is 4.07. The lowest BCUT2D eigenvalue weighted by molar-refractivity contribution is 0.247. The van der Waals surface area contributed by atoms with Crippen LogP contribution in [0.5, 0.6) is 5.75 Å². The molecule has 0 saturated carbocycles. The van der Waals surface area contributed by atoms with Gasteiger partial charge in [0.1, 0.15) is 12.4 Å². The lowest BCUT2D eigenvalue weighted by Crippen LogP contribution is -2.42. The third-order valence-electron chi connectivity index (χ3n) is 6.68. The molecule has 1 aromatic heterocycles. The van der Waals surface area contributed by atoms with Crippen molar-refractivity contribution in [2.45, 2.75) is 26.7 Å². The van der Waals surface area contributed by atoms with Crippen molar-refractivity contribution in [2.75, 3.05) is 55.7 Å². The molecule has 3 N–H and O–H groups in total. The number of H-pyrrole nitrogens is 1. The maximum absolute atomic E-state index is 13.1. The number of rotatable bonds is 6. The van der Waals surface area contributed by atoms with E-state index < -0.39 is 10.6 Å². The van der Waals surface area contributed by atoms with Crippen molar-refractivity contribution in [1.29, 1.82) is 0 Å². The largest absolute Gasteiger partial charge is 0.490 e. The highest BCUT2D eigenvalue weighted by Gasteiger charge is 2.27. The van der Waals surface area contributed by atoms with Gasteiger partial charge in [-0.3, -0.25) is 18.8 Å². The molecule has 2 aromatic rings. The Balaban J connectivity index is 1.56. The van der Waals surface area contributed by atoms with Crippen molar-refractivity contribution in [3.63, 3.8) is 0 Å². The van der Waals surface area contributed by atoms with E-state index in [-0.39, 0.29) is 11.5 Å². The normalized spacial score (nSPS) is 20.5. The Morgan fingerprint density at radius 1 is 1.12 bits per heavy atom. The van der Waals surface area contributed by atoms with E-state index in [0.717, 1.165) is 47.9 Å². The first-order valence-corrected chi connectivity index (χ1v) is 13.4. The Hall–Kier alpha value is -2.00. The number of likely N-dealkylation sites (N-methyl/N-ethyl adjacent to an activating group) is 1. The zero-order chi connectivity index (χ0) is 22.9. The molecule has 0 aliphatic carbocycles. The Morgan fingerprint density at radius 3 is 2.53 bits per heavy atom. The van der Waals surface area contributed by atoms with Crippen molar-refractivity contribution < 1.29 is 13.8 Å². The minimum atomic E-state index is -2.42. The van der Waals surface area contributed by atoms with Gasteiger partial charge in [0.05, 0.1) is 23.7 Å². The Kier molecular flexibility index (Phi) is 6.86. The lowest BCUT2D eigenvalue weighted by atomic mass is 9.88. The summed E-state index contributed by atoms with van der Waals surface area (Å²) in [6, 6.07) is 10.0. The summed E-state index contributed by atoms with van der Waals surface area (Å²) in [5.74, 6) is 2.11. The number of nitrogens with zero attached hydrogens (tertiary/aromatic N) is 2. The van der Waals surface area contributed by atoms with E-state index >= 15 is 0 Å². The quantitative estimate of drug-likeness (QED) is 0.601. The van der Waals surface area contributed by atoms with Crippen LogP contribution in [0.2, 0.25) is 0 Å². The first kappa shape index (κ1) is 23.2. The number of pyridine rings is 1. The second-order valence-electron chi connectivity index (χ2n) is 9.13. The number of hydrogen-bond donors (Lipinski definition) is 3. The van der Waals surface area contributed by atoms with Gasteiger partial charge in [0.2, 0.25) is 0 Å². The van der Waals surface area contributed by atoms with Crippen LogP contribution in [0.15, 0.2) is 35.1 Å². The van der Waals surface area contributed by atoms with E-state index in [1.165, 1.54) is 0 Å². The van der Waals surface area contributed by atoms with Crippen molar-refractivity contribution in [3.05, 3.63) is 46.2 Å². The highest BCUT2D eigenvalue weighted by atomic mass is 32.3. The van der Waals surface area contributed by atoms with Gasteiger partial charge in [-0.2, -0.15) is 10.6 Å². The van der Waals surface area contributed by atoms with Gasteiger partial charge < -0.3 is 14.6 Å². The predicted molar refractivity (Wildman–Crippen MR) is 132 cm³/mol. The molecular formula is C24H35N3O4S. The third-order valence-corrected chi connectivity index (χ3v) is 8.35. The zero-order valence-electron chi connectivity index (χ0n) is 19.2. The summed E-state index contributed by atoms with van der Waals surface area (Å²) in [7, 11) is -2.42. The Morgan fingerprint density at radius 2 is 1.88 bits per heavy atom. The average molecular weight is 462 g/mol. The van der Waals surface area contributed by atoms with Gasteiger partial charge in [-0.25, -0.2) is 0 Å². The summed E-state index contributed by atoms with van der Waals surface area (Å²) >= 11 is 0. The lowest BCUT2D eigenvalue weighted by Gasteiger charge is -2.42. The molecule has 0 bridgehead atoms. The number of benzene rings is 1. The number of ether oxygens (including phenoxy) is 1. The number of fused-ring (bicyclic) bond motifs is 1. The number of anilines is 1. The molecule has 1 unspecified atom stereocenters. The SMILES string of the molecule is CCN1CCOc2ccc(-c3ccc(C(CN4CCS(O)(O)CC4)C(C)C)c(=O)[nH]3)cc21. The molecule has 1 saturated heterocycles. The summed E-state index contributed by atoms with van der Waals surface area (Å²) in [6.07, 6.45) is 0. The van der Waals surface area contributed by atoms with Crippen molar-refractivity contribution in [1.82, 2.24) is 9.88 Å². The van der Waals surface area contributed by atoms with Crippen molar-refractivity contribution >= 4 is 16.3 Å². The first-order valence-electron chi connectivity index (χ1n) is 11.5. The molecule has 4 rings (SSSR count). The van der Waals surface area contributed by atoms with Crippen LogP contribution in [-0.2, 0) is 0 Å². The van der Waals surface area contributed by atoms with E-state index in [2.05, 4.69) is 41.6 Å². The molecular weight excluding hydrogens is 426 g/mol. The van der Waals surface area contributed by atoms with E-state index in [1.807, 2.05) is 24.3 Å². The Bertz CT molecular complexity index is 997. The number of hydrogen-bond acceptors (Lipinski definition) is 6. The van der Waals surface area contributed by atoms with Gasteiger partial charge in [-0.1, -0.05) is 19.9 Å². The molecule has 32 heavy (non-hydrogen) atoms. The van der Waals surface area contributed by atoms with Crippen LogP contribution >= 0.6 is 10.6 Å². The fourth-order valence-corrected chi connectivity index (χ4v) is 5.91.